The number of hydrogen-bond acceptors (Lipinski definition) is 3. The molecule has 0 aliphatic heterocycles. The van der Waals surface area contributed by atoms with Crippen molar-refractivity contribution in [3.8, 4) is 0 Å². The summed E-state index contributed by atoms with van der Waals surface area (Å²) in [5.41, 5.74) is 2.30. The number of likely N-dealkylation sites (N-methyl/N-ethyl adjacent to an activating group) is 1. The highest BCUT2D eigenvalue weighted by molar-refractivity contribution is 5.24. The van der Waals surface area contributed by atoms with Gasteiger partial charge in [0.1, 0.15) is 0 Å². The van der Waals surface area contributed by atoms with Gasteiger partial charge in [0.25, 0.3) is 5.56 Å². The normalized spacial score (nSPS) is 12.3. The molecule has 18 heavy (non-hydrogen) atoms. The molecule has 0 bridgehead atoms. The summed E-state index contributed by atoms with van der Waals surface area (Å²) in [6.07, 6.45) is 1.63. The van der Waals surface area contributed by atoms with Gasteiger partial charge in [0.15, 0.2) is 0 Å². The highest BCUT2D eigenvalue weighted by Crippen LogP contribution is 2.14. The average molecular weight is 243 g/mol. The maximum Gasteiger partial charge on any atom is 0.266 e. The van der Waals surface area contributed by atoms with Gasteiger partial charge in [0.05, 0.1) is 12.6 Å². The lowest BCUT2D eigenvalue weighted by atomic mass is 10.1. The second-order valence-electron chi connectivity index (χ2n) is 4.30. The molecule has 0 saturated heterocycles. The number of aromatic nitrogens is 2. The fraction of sp³-hybridized carbons (Fsp3) is 0.286. The Morgan fingerprint density at radius 2 is 2.00 bits per heavy atom. The highest BCUT2D eigenvalue weighted by Gasteiger charge is 2.10. The number of hydrogen-bond donors (Lipinski definition) is 1. The smallest absolute Gasteiger partial charge is 0.266 e. The fourth-order valence-electron chi connectivity index (χ4n) is 1.86. The van der Waals surface area contributed by atoms with Crippen LogP contribution in [-0.2, 0) is 6.54 Å². The average Bonchev–Trinajstić information content (AvgIpc) is 2.39. The van der Waals surface area contributed by atoms with Crippen LogP contribution in [0.4, 0.5) is 0 Å². The molecule has 1 heterocycles. The molecule has 1 N–H and O–H groups in total. The van der Waals surface area contributed by atoms with E-state index in [1.807, 2.05) is 7.05 Å². The molecular formula is C14H17N3O. The quantitative estimate of drug-likeness (QED) is 0.885. The van der Waals surface area contributed by atoms with Crippen molar-refractivity contribution in [1.29, 1.82) is 0 Å². The van der Waals surface area contributed by atoms with Crippen molar-refractivity contribution < 1.29 is 0 Å². The molecule has 0 saturated carbocycles. The number of rotatable bonds is 4. The molecule has 1 unspecified atom stereocenters. The van der Waals surface area contributed by atoms with E-state index in [-0.39, 0.29) is 11.6 Å². The summed E-state index contributed by atoms with van der Waals surface area (Å²) in [5, 5.41) is 7.29. The van der Waals surface area contributed by atoms with Crippen molar-refractivity contribution in [2.75, 3.05) is 7.05 Å². The van der Waals surface area contributed by atoms with Crippen LogP contribution in [0, 0.1) is 6.92 Å². The van der Waals surface area contributed by atoms with Crippen LogP contribution >= 0.6 is 0 Å². The minimum absolute atomic E-state index is 0.0788. The molecule has 0 aliphatic rings. The fourth-order valence-corrected chi connectivity index (χ4v) is 1.86. The lowest BCUT2D eigenvalue weighted by Gasteiger charge is -2.17. The van der Waals surface area contributed by atoms with Crippen LogP contribution in [0.5, 0.6) is 0 Å². The summed E-state index contributed by atoms with van der Waals surface area (Å²) in [5.74, 6) is 0. The predicted molar refractivity (Wildman–Crippen MR) is 71.5 cm³/mol. The molecule has 4 nitrogen and oxygen atoms in total. The van der Waals surface area contributed by atoms with Crippen molar-refractivity contribution in [3.05, 3.63) is 64.1 Å². The van der Waals surface area contributed by atoms with Crippen molar-refractivity contribution in [2.24, 2.45) is 0 Å². The Hall–Kier alpha value is -1.94. The zero-order chi connectivity index (χ0) is 13.0. The van der Waals surface area contributed by atoms with Gasteiger partial charge >= 0.3 is 0 Å². The first kappa shape index (κ1) is 12.5. The Kier molecular flexibility index (Phi) is 3.89. The highest BCUT2D eigenvalue weighted by atomic mass is 16.1. The van der Waals surface area contributed by atoms with Gasteiger partial charge in [-0.3, -0.25) is 4.79 Å². The summed E-state index contributed by atoms with van der Waals surface area (Å²) in [6.45, 7) is 2.58. The van der Waals surface area contributed by atoms with Gasteiger partial charge < -0.3 is 5.32 Å². The number of nitrogens with zero attached hydrogens (tertiary/aromatic N) is 2. The van der Waals surface area contributed by atoms with Crippen LogP contribution in [0.2, 0.25) is 0 Å². The Morgan fingerprint density at radius 1 is 1.28 bits per heavy atom. The van der Waals surface area contributed by atoms with E-state index in [4.69, 9.17) is 0 Å². The standard InChI is InChI=1S/C14H17N3O/c1-11-5-7-12(8-6-11)13(15-2)10-17-14(18)4-3-9-16-17/h3-9,13,15H,10H2,1-2H3. The Bertz CT molecular complexity index is 560. The van der Waals surface area contributed by atoms with E-state index in [9.17, 15) is 4.79 Å². The van der Waals surface area contributed by atoms with Gasteiger partial charge in [-0.1, -0.05) is 29.8 Å². The van der Waals surface area contributed by atoms with E-state index >= 15 is 0 Å². The van der Waals surface area contributed by atoms with Crippen LogP contribution in [-0.4, -0.2) is 16.8 Å². The lowest BCUT2D eigenvalue weighted by Crippen LogP contribution is -2.29. The van der Waals surface area contributed by atoms with Gasteiger partial charge in [0, 0.05) is 12.3 Å². The maximum atomic E-state index is 11.6. The van der Waals surface area contributed by atoms with Gasteiger partial charge in [-0.25, -0.2) is 4.68 Å². The van der Waals surface area contributed by atoms with Crippen molar-refractivity contribution >= 4 is 0 Å². The SMILES string of the molecule is CNC(Cn1ncccc1=O)c1ccc(C)cc1. The monoisotopic (exact) mass is 243 g/mol. The molecule has 0 radical (unpaired) electrons. The largest absolute Gasteiger partial charge is 0.311 e. The van der Waals surface area contributed by atoms with Gasteiger partial charge in [0.2, 0.25) is 0 Å². The molecule has 94 valence electrons. The summed E-state index contributed by atoms with van der Waals surface area (Å²) in [4.78, 5) is 11.6. The van der Waals surface area contributed by atoms with E-state index in [0.29, 0.717) is 6.54 Å². The molecule has 2 aromatic rings. The third kappa shape index (κ3) is 2.84. The predicted octanol–water partition coefficient (Wildman–Crippen LogP) is 1.51. The first-order chi connectivity index (χ1) is 8.70. The Balaban J connectivity index is 2.22. The van der Waals surface area contributed by atoms with Crippen LogP contribution in [0.25, 0.3) is 0 Å². The second kappa shape index (κ2) is 5.60. The molecule has 1 aromatic carbocycles. The maximum absolute atomic E-state index is 11.6. The third-order valence-electron chi connectivity index (χ3n) is 2.97. The minimum atomic E-state index is -0.0788. The zero-order valence-corrected chi connectivity index (χ0v) is 10.6. The first-order valence-corrected chi connectivity index (χ1v) is 5.96. The Labute approximate surface area is 106 Å². The van der Waals surface area contributed by atoms with E-state index < -0.39 is 0 Å². The number of aryl methyl sites for hydroxylation is 1. The van der Waals surface area contributed by atoms with Gasteiger partial charge in [-0.15, -0.1) is 0 Å². The molecule has 4 heteroatoms. The summed E-state index contributed by atoms with van der Waals surface area (Å²) in [7, 11) is 1.89. The molecular weight excluding hydrogens is 226 g/mol. The Morgan fingerprint density at radius 3 is 2.61 bits per heavy atom. The molecule has 0 fully saturated rings. The molecule has 0 amide bonds. The zero-order valence-electron chi connectivity index (χ0n) is 10.6. The lowest BCUT2D eigenvalue weighted by molar-refractivity contribution is 0.452. The summed E-state index contributed by atoms with van der Waals surface area (Å²) >= 11 is 0. The summed E-state index contributed by atoms with van der Waals surface area (Å²) in [6, 6.07) is 11.5. The third-order valence-corrected chi connectivity index (χ3v) is 2.97. The van der Waals surface area contributed by atoms with E-state index in [0.717, 1.165) is 5.56 Å². The second-order valence-corrected chi connectivity index (χ2v) is 4.30. The number of benzene rings is 1. The molecule has 0 spiro atoms. The van der Waals surface area contributed by atoms with Crippen LogP contribution < -0.4 is 10.9 Å². The van der Waals surface area contributed by atoms with Crippen LogP contribution in [0.15, 0.2) is 47.4 Å². The first-order valence-electron chi connectivity index (χ1n) is 5.96. The van der Waals surface area contributed by atoms with E-state index in [2.05, 4.69) is 41.6 Å². The van der Waals surface area contributed by atoms with Crippen molar-refractivity contribution in [2.45, 2.75) is 19.5 Å². The van der Waals surface area contributed by atoms with E-state index in [1.165, 1.54) is 16.3 Å². The minimum Gasteiger partial charge on any atom is -0.311 e. The van der Waals surface area contributed by atoms with Crippen molar-refractivity contribution in [1.82, 2.24) is 15.1 Å². The van der Waals surface area contributed by atoms with Crippen LogP contribution in [0.1, 0.15) is 17.2 Å². The summed E-state index contributed by atoms with van der Waals surface area (Å²) < 4.78 is 1.47. The van der Waals surface area contributed by atoms with Gasteiger partial charge in [-0.2, -0.15) is 5.10 Å². The molecule has 2 rings (SSSR count). The molecule has 0 aliphatic carbocycles. The van der Waals surface area contributed by atoms with Crippen molar-refractivity contribution in [3.63, 3.8) is 0 Å². The van der Waals surface area contributed by atoms with Crippen LogP contribution in [0.3, 0.4) is 0 Å². The van der Waals surface area contributed by atoms with E-state index in [1.54, 1.807) is 12.3 Å². The molecule has 1 atom stereocenters. The number of nitrogens with one attached hydrogen (secondary N) is 1. The topological polar surface area (TPSA) is 46.9 Å². The van der Waals surface area contributed by atoms with Gasteiger partial charge in [-0.05, 0) is 25.6 Å². The molecule has 1 aromatic heterocycles.